The van der Waals surface area contributed by atoms with Gasteiger partial charge < -0.3 is 4.57 Å². The highest BCUT2D eigenvalue weighted by Crippen LogP contribution is 2.09. The van der Waals surface area contributed by atoms with E-state index in [1.54, 1.807) is 10.9 Å². The Bertz CT molecular complexity index is 553. The minimum Gasteiger partial charge on any atom is -0.338 e. The number of carbonyl (C=O) groups is 1. The van der Waals surface area contributed by atoms with Gasteiger partial charge in [-0.15, -0.1) is 0 Å². The van der Waals surface area contributed by atoms with Gasteiger partial charge in [0.2, 0.25) is 0 Å². The monoisotopic (exact) mass is 246 g/mol. The predicted molar refractivity (Wildman–Crippen MR) is 68.5 cm³/mol. The number of carbonyl (C=O) groups excluding carboxylic acids is 1. The molecule has 0 spiro atoms. The predicted octanol–water partition coefficient (Wildman–Crippen LogP) is 1.62. The highest BCUT2D eigenvalue weighted by atomic mass is 16.1. The summed E-state index contributed by atoms with van der Waals surface area (Å²) in [7, 11) is 1.89. The zero-order valence-corrected chi connectivity index (χ0v) is 11.1. The summed E-state index contributed by atoms with van der Waals surface area (Å²) in [4.78, 5) is 16.4. The van der Waals surface area contributed by atoms with Crippen molar-refractivity contribution in [3.63, 3.8) is 0 Å². The highest BCUT2D eigenvalue weighted by Gasteiger charge is 2.16. The molecule has 96 valence electrons. The Morgan fingerprint density at radius 2 is 2.17 bits per heavy atom. The van der Waals surface area contributed by atoms with Crippen molar-refractivity contribution in [1.29, 1.82) is 0 Å². The fraction of sp³-hybridized carbons (Fsp3) is 0.462. The number of aryl methyl sites for hydroxylation is 3. The van der Waals surface area contributed by atoms with E-state index in [2.05, 4.69) is 10.1 Å². The summed E-state index contributed by atoms with van der Waals surface area (Å²) in [6, 6.07) is 1.88. The fourth-order valence-corrected chi connectivity index (χ4v) is 1.91. The number of ketones is 1. The normalized spacial score (nSPS) is 10.8. The van der Waals surface area contributed by atoms with Gasteiger partial charge >= 0.3 is 0 Å². The molecule has 18 heavy (non-hydrogen) atoms. The summed E-state index contributed by atoms with van der Waals surface area (Å²) in [6.07, 6.45) is 4.71. The third kappa shape index (κ3) is 2.34. The summed E-state index contributed by atoms with van der Waals surface area (Å²) in [5.41, 5.74) is 1.64. The molecule has 0 aromatic carbocycles. The molecule has 2 heterocycles. The molecule has 5 heteroatoms. The second-order valence-electron chi connectivity index (χ2n) is 4.24. The van der Waals surface area contributed by atoms with Gasteiger partial charge in [-0.05, 0) is 19.4 Å². The molecule has 0 unspecified atom stereocenters. The molecule has 0 bridgehead atoms. The third-order valence-corrected chi connectivity index (χ3v) is 3.02. The lowest BCUT2D eigenvalue weighted by Gasteiger charge is -2.03. The first kappa shape index (κ1) is 12.5. The summed E-state index contributed by atoms with van der Waals surface area (Å²) >= 11 is 0. The Hall–Kier alpha value is -1.91. The van der Waals surface area contributed by atoms with E-state index in [0.717, 1.165) is 17.9 Å². The average Bonchev–Trinajstić information content (AvgIpc) is 2.96. The van der Waals surface area contributed by atoms with Crippen LogP contribution in [0.15, 0.2) is 18.5 Å². The Balaban J connectivity index is 2.23. The molecule has 0 aliphatic heterocycles. The summed E-state index contributed by atoms with van der Waals surface area (Å²) in [5.74, 6) is 0.847. The lowest BCUT2D eigenvalue weighted by atomic mass is 10.2. The lowest BCUT2D eigenvalue weighted by molar-refractivity contribution is 0.0979. The number of hydrogen-bond donors (Lipinski definition) is 0. The average molecular weight is 246 g/mol. The van der Waals surface area contributed by atoms with Gasteiger partial charge in [-0.2, -0.15) is 5.10 Å². The van der Waals surface area contributed by atoms with Crippen LogP contribution in [0.4, 0.5) is 0 Å². The van der Waals surface area contributed by atoms with Crippen LogP contribution in [0.1, 0.15) is 35.9 Å². The van der Waals surface area contributed by atoms with Crippen LogP contribution in [0, 0.1) is 0 Å². The second-order valence-corrected chi connectivity index (χ2v) is 4.24. The van der Waals surface area contributed by atoms with Crippen molar-refractivity contribution in [2.45, 2.75) is 33.2 Å². The quantitative estimate of drug-likeness (QED) is 0.753. The van der Waals surface area contributed by atoms with Crippen LogP contribution in [0.25, 0.3) is 0 Å². The van der Waals surface area contributed by atoms with Crippen molar-refractivity contribution < 1.29 is 4.79 Å². The molecule has 0 aliphatic carbocycles. The highest BCUT2D eigenvalue weighted by molar-refractivity contribution is 5.95. The molecule has 2 rings (SSSR count). The van der Waals surface area contributed by atoms with Gasteiger partial charge in [0, 0.05) is 26.0 Å². The van der Waals surface area contributed by atoms with Gasteiger partial charge in [-0.1, -0.05) is 6.92 Å². The molecular weight excluding hydrogens is 228 g/mol. The van der Waals surface area contributed by atoms with Gasteiger partial charge in [0.25, 0.3) is 0 Å². The van der Waals surface area contributed by atoms with Crippen molar-refractivity contribution in [2.24, 2.45) is 7.05 Å². The van der Waals surface area contributed by atoms with E-state index in [9.17, 15) is 4.79 Å². The standard InChI is InChI=1S/C13H18N4O/c1-4-10-8-11(17(5-2)15-10)12(18)9-13-14-6-7-16(13)3/h6-8H,4-5,9H2,1-3H3. The molecule has 0 amide bonds. The topological polar surface area (TPSA) is 52.7 Å². The smallest absolute Gasteiger partial charge is 0.188 e. The zero-order chi connectivity index (χ0) is 13.1. The van der Waals surface area contributed by atoms with Crippen molar-refractivity contribution in [2.75, 3.05) is 0 Å². The van der Waals surface area contributed by atoms with E-state index in [1.807, 2.05) is 37.7 Å². The van der Waals surface area contributed by atoms with Crippen molar-refractivity contribution in [3.8, 4) is 0 Å². The number of nitrogens with zero attached hydrogens (tertiary/aromatic N) is 4. The Morgan fingerprint density at radius 1 is 1.39 bits per heavy atom. The van der Waals surface area contributed by atoms with Gasteiger partial charge in [0.05, 0.1) is 12.1 Å². The molecular formula is C13H18N4O. The van der Waals surface area contributed by atoms with Crippen LogP contribution in [-0.4, -0.2) is 25.1 Å². The van der Waals surface area contributed by atoms with E-state index in [4.69, 9.17) is 0 Å². The second kappa shape index (κ2) is 5.16. The van der Waals surface area contributed by atoms with Gasteiger partial charge in [0.15, 0.2) is 5.78 Å². The SMILES string of the molecule is CCc1cc(C(=O)Cc2nccn2C)n(CC)n1. The van der Waals surface area contributed by atoms with E-state index in [0.29, 0.717) is 18.7 Å². The van der Waals surface area contributed by atoms with Crippen molar-refractivity contribution in [3.05, 3.63) is 35.7 Å². The first-order chi connectivity index (χ1) is 8.65. The van der Waals surface area contributed by atoms with Gasteiger partial charge in [0.1, 0.15) is 11.5 Å². The molecule has 0 N–H and O–H groups in total. The molecule has 0 saturated carbocycles. The van der Waals surface area contributed by atoms with Gasteiger partial charge in [-0.3, -0.25) is 9.48 Å². The number of hydrogen-bond acceptors (Lipinski definition) is 3. The molecule has 0 aliphatic rings. The Labute approximate surface area is 106 Å². The van der Waals surface area contributed by atoms with E-state index >= 15 is 0 Å². The van der Waals surface area contributed by atoms with Crippen molar-refractivity contribution in [1.82, 2.24) is 19.3 Å². The molecule has 0 radical (unpaired) electrons. The summed E-state index contributed by atoms with van der Waals surface area (Å²) < 4.78 is 3.63. The third-order valence-electron chi connectivity index (χ3n) is 3.02. The van der Waals surface area contributed by atoms with E-state index in [1.165, 1.54) is 0 Å². The minimum atomic E-state index is 0.0679. The van der Waals surface area contributed by atoms with Crippen LogP contribution in [0.2, 0.25) is 0 Å². The molecule has 0 saturated heterocycles. The summed E-state index contributed by atoms with van der Waals surface area (Å²) in [6.45, 7) is 4.74. The first-order valence-electron chi connectivity index (χ1n) is 6.21. The number of Topliss-reactive ketones (excluding diaryl/α,β-unsaturated/α-hetero) is 1. The summed E-state index contributed by atoms with van der Waals surface area (Å²) in [5, 5.41) is 4.39. The van der Waals surface area contributed by atoms with Crippen LogP contribution in [0.5, 0.6) is 0 Å². The minimum absolute atomic E-state index is 0.0679. The fourth-order valence-electron chi connectivity index (χ4n) is 1.91. The largest absolute Gasteiger partial charge is 0.338 e. The lowest BCUT2D eigenvalue weighted by Crippen LogP contribution is -2.13. The first-order valence-corrected chi connectivity index (χ1v) is 6.21. The maximum absolute atomic E-state index is 12.3. The van der Waals surface area contributed by atoms with Crippen LogP contribution in [0.3, 0.4) is 0 Å². The molecule has 0 atom stereocenters. The van der Waals surface area contributed by atoms with Crippen molar-refractivity contribution >= 4 is 5.78 Å². The van der Waals surface area contributed by atoms with E-state index in [-0.39, 0.29) is 5.78 Å². The number of aromatic nitrogens is 4. The molecule has 2 aromatic rings. The van der Waals surface area contributed by atoms with Crippen LogP contribution < -0.4 is 0 Å². The Kier molecular flexibility index (Phi) is 3.60. The zero-order valence-electron chi connectivity index (χ0n) is 11.1. The maximum Gasteiger partial charge on any atom is 0.188 e. The number of rotatable bonds is 5. The Morgan fingerprint density at radius 3 is 2.72 bits per heavy atom. The van der Waals surface area contributed by atoms with Crippen LogP contribution >= 0.6 is 0 Å². The number of imidazole rings is 1. The van der Waals surface area contributed by atoms with Crippen LogP contribution in [-0.2, 0) is 26.4 Å². The molecule has 5 nitrogen and oxygen atoms in total. The molecule has 0 fully saturated rings. The van der Waals surface area contributed by atoms with E-state index < -0.39 is 0 Å². The van der Waals surface area contributed by atoms with Gasteiger partial charge in [-0.25, -0.2) is 4.98 Å². The molecule has 2 aromatic heterocycles. The maximum atomic E-state index is 12.3.